The highest BCUT2D eigenvalue weighted by Gasteiger charge is 2.15. The Balaban J connectivity index is 2.13. The zero-order chi connectivity index (χ0) is 9.68. The molecular formula is C8H15N3O2. The molecule has 1 heterocycles. The van der Waals surface area contributed by atoms with Gasteiger partial charge in [-0.2, -0.15) is 0 Å². The van der Waals surface area contributed by atoms with E-state index in [2.05, 4.69) is 16.0 Å². The molecule has 5 heteroatoms. The minimum atomic E-state index is -0.283. The first kappa shape index (κ1) is 9.98. The van der Waals surface area contributed by atoms with Gasteiger partial charge in [-0.3, -0.25) is 10.1 Å². The van der Waals surface area contributed by atoms with Gasteiger partial charge in [-0.25, -0.2) is 4.79 Å². The number of carbonyl (C=O) groups is 2. The minimum absolute atomic E-state index is 0.0467. The van der Waals surface area contributed by atoms with Crippen molar-refractivity contribution in [3.8, 4) is 0 Å². The molecule has 0 saturated carbocycles. The van der Waals surface area contributed by atoms with Gasteiger partial charge in [0.15, 0.2) is 0 Å². The zero-order valence-corrected chi connectivity index (χ0v) is 7.72. The highest BCUT2D eigenvalue weighted by molar-refractivity contribution is 5.83. The summed E-state index contributed by atoms with van der Waals surface area (Å²) >= 11 is 0. The summed E-state index contributed by atoms with van der Waals surface area (Å²) < 4.78 is 0. The van der Waals surface area contributed by atoms with Crippen molar-refractivity contribution in [3.05, 3.63) is 0 Å². The molecule has 1 atom stereocenters. The van der Waals surface area contributed by atoms with Gasteiger partial charge in [-0.05, 0) is 26.3 Å². The van der Waals surface area contributed by atoms with E-state index in [4.69, 9.17) is 0 Å². The summed E-state index contributed by atoms with van der Waals surface area (Å²) in [5.74, 6) is -0.0467. The number of carbonyl (C=O) groups excluding carboxylic acids is 2. The van der Waals surface area contributed by atoms with E-state index in [-0.39, 0.29) is 24.5 Å². The number of hydrogen-bond donors (Lipinski definition) is 3. The fraction of sp³-hybridized carbons (Fsp3) is 0.750. The van der Waals surface area contributed by atoms with Crippen LogP contribution in [0, 0.1) is 0 Å². The molecule has 1 unspecified atom stereocenters. The Morgan fingerprint density at radius 1 is 1.54 bits per heavy atom. The van der Waals surface area contributed by atoms with Crippen molar-refractivity contribution in [1.29, 1.82) is 0 Å². The molecule has 0 aromatic heterocycles. The predicted molar refractivity (Wildman–Crippen MR) is 48.2 cm³/mol. The summed E-state index contributed by atoms with van der Waals surface area (Å²) in [6.07, 6.45) is 2.09. The second kappa shape index (κ2) is 4.81. The minimum Gasteiger partial charge on any atom is -0.331 e. The standard InChI is InChI=1S/C8H15N3O2/c1-6(12)5-10-8(13)11-7-3-2-4-9-7/h7,9H,2-5H2,1H3,(H2,10,11,13). The van der Waals surface area contributed by atoms with Crippen LogP contribution in [0.4, 0.5) is 4.79 Å². The van der Waals surface area contributed by atoms with Gasteiger partial charge in [0.25, 0.3) is 0 Å². The van der Waals surface area contributed by atoms with Gasteiger partial charge in [0.1, 0.15) is 5.78 Å². The molecule has 0 aliphatic carbocycles. The second-order valence-corrected chi connectivity index (χ2v) is 3.18. The predicted octanol–water partition coefficient (Wildman–Crippen LogP) is -0.416. The summed E-state index contributed by atoms with van der Waals surface area (Å²) in [5.41, 5.74) is 0. The van der Waals surface area contributed by atoms with Gasteiger partial charge in [0, 0.05) is 0 Å². The Hall–Kier alpha value is -1.10. The van der Waals surface area contributed by atoms with Gasteiger partial charge in [0.2, 0.25) is 0 Å². The van der Waals surface area contributed by atoms with Crippen LogP contribution >= 0.6 is 0 Å². The molecule has 0 radical (unpaired) electrons. The van der Waals surface area contributed by atoms with Crippen LogP contribution < -0.4 is 16.0 Å². The fourth-order valence-electron chi connectivity index (χ4n) is 1.22. The summed E-state index contributed by atoms with van der Waals surface area (Å²) in [4.78, 5) is 21.6. The molecule has 2 amide bonds. The molecule has 13 heavy (non-hydrogen) atoms. The lowest BCUT2D eigenvalue weighted by Crippen LogP contribution is -2.47. The van der Waals surface area contributed by atoms with Crippen LogP contribution in [0.25, 0.3) is 0 Å². The second-order valence-electron chi connectivity index (χ2n) is 3.18. The fourth-order valence-corrected chi connectivity index (χ4v) is 1.22. The van der Waals surface area contributed by atoms with Crippen molar-refractivity contribution >= 4 is 11.8 Å². The Kier molecular flexibility index (Phi) is 3.70. The monoisotopic (exact) mass is 185 g/mol. The molecule has 5 nitrogen and oxygen atoms in total. The molecule has 1 aliphatic heterocycles. The molecule has 0 aromatic rings. The summed E-state index contributed by atoms with van der Waals surface area (Å²) in [5, 5.41) is 8.31. The SMILES string of the molecule is CC(=O)CNC(=O)NC1CCCN1. The molecular weight excluding hydrogens is 170 g/mol. The van der Waals surface area contributed by atoms with Crippen molar-refractivity contribution in [2.24, 2.45) is 0 Å². The van der Waals surface area contributed by atoms with Crippen LogP contribution in [-0.4, -0.2) is 31.1 Å². The van der Waals surface area contributed by atoms with Crippen LogP contribution in [0.5, 0.6) is 0 Å². The van der Waals surface area contributed by atoms with Gasteiger partial charge >= 0.3 is 6.03 Å². The van der Waals surface area contributed by atoms with E-state index in [1.807, 2.05) is 0 Å². The maximum absolute atomic E-state index is 11.1. The maximum atomic E-state index is 11.1. The van der Waals surface area contributed by atoms with Crippen LogP contribution in [0.2, 0.25) is 0 Å². The number of amides is 2. The molecule has 0 spiro atoms. The summed E-state index contributed by atoms with van der Waals surface area (Å²) in [7, 11) is 0. The zero-order valence-electron chi connectivity index (χ0n) is 7.72. The highest BCUT2D eigenvalue weighted by atomic mass is 16.2. The number of urea groups is 1. The number of Topliss-reactive ketones (excluding diaryl/α,β-unsaturated/α-hetero) is 1. The van der Waals surface area contributed by atoms with E-state index in [9.17, 15) is 9.59 Å². The maximum Gasteiger partial charge on any atom is 0.316 e. The molecule has 0 bridgehead atoms. The first-order valence-electron chi connectivity index (χ1n) is 4.45. The van der Waals surface area contributed by atoms with E-state index in [1.54, 1.807) is 0 Å². The topological polar surface area (TPSA) is 70.2 Å². The van der Waals surface area contributed by atoms with Crippen molar-refractivity contribution in [1.82, 2.24) is 16.0 Å². The lowest BCUT2D eigenvalue weighted by Gasteiger charge is -2.12. The third kappa shape index (κ3) is 3.89. The molecule has 74 valence electrons. The van der Waals surface area contributed by atoms with Gasteiger partial charge in [-0.1, -0.05) is 0 Å². The van der Waals surface area contributed by atoms with Crippen LogP contribution in [0.3, 0.4) is 0 Å². The number of nitrogens with one attached hydrogen (secondary N) is 3. The van der Waals surface area contributed by atoms with Crippen LogP contribution in [0.1, 0.15) is 19.8 Å². The third-order valence-electron chi connectivity index (χ3n) is 1.86. The first-order chi connectivity index (χ1) is 6.18. The third-order valence-corrected chi connectivity index (χ3v) is 1.86. The Bertz CT molecular complexity index is 200. The van der Waals surface area contributed by atoms with E-state index >= 15 is 0 Å². The van der Waals surface area contributed by atoms with Crippen LogP contribution in [0.15, 0.2) is 0 Å². The van der Waals surface area contributed by atoms with E-state index in [0.29, 0.717) is 0 Å². The van der Waals surface area contributed by atoms with E-state index in [1.165, 1.54) is 6.92 Å². The van der Waals surface area contributed by atoms with Crippen molar-refractivity contribution in [2.75, 3.05) is 13.1 Å². The lowest BCUT2D eigenvalue weighted by atomic mass is 10.3. The molecule has 1 rings (SSSR count). The molecule has 1 saturated heterocycles. The average Bonchev–Trinajstić information content (AvgIpc) is 2.53. The molecule has 1 fully saturated rings. The average molecular weight is 185 g/mol. The Morgan fingerprint density at radius 3 is 2.85 bits per heavy atom. The highest BCUT2D eigenvalue weighted by Crippen LogP contribution is 2.00. The molecule has 1 aliphatic rings. The van der Waals surface area contributed by atoms with Crippen LogP contribution in [-0.2, 0) is 4.79 Å². The first-order valence-corrected chi connectivity index (χ1v) is 4.45. The van der Waals surface area contributed by atoms with E-state index < -0.39 is 0 Å². The normalized spacial score (nSPS) is 21.2. The number of hydrogen-bond acceptors (Lipinski definition) is 3. The quantitative estimate of drug-likeness (QED) is 0.559. The van der Waals surface area contributed by atoms with E-state index in [0.717, 1.165) is 19.4 Å². The number of ketones is 1. The largest absolute Gasteiger partial charge is 0.331 e. The Morgan fingerprint density at radius 2 is 2.31 bits per heavy atom. The lowest BCUT2D eigenvalue weighted by molar-refractivity contribution is -0.116. The smallest absolute Gasteiger partial charge is 0.316 e. The van der Waals surface area contributed by atoms with Crippen molar-refractivity contribution in [2.45, 2.75) is 25.9 Å². The Labute approximate surface area is 77.3 Å². The number of rotatable bonds is 3. The van der Waals surface area contributed by atoms with Gasteiger partial charge < -0.3 is 10.6 Å². The molecule has 3 N–H and O–H groups in total. The molecule has 0 aromatic carbocycles. The van der Waals surface area contributed by atoms with Crippen molar-refractivity contribution < 1.29 is 9.59 Å². The van der Waals surface area contributed by atoms with Gasteiger partial charge in [-0.15, -0.1) is 0 Å². The van der Waals surface area contributed by atoms with Crippen molar-refractivity contribution in [3.63, 3.8) is 0 Å². The summed E-state index contributed by atoms with van der Waals surface area (Å²) in [6.45, 7) is 2.48. The van der Waals surface area contributed by atoms with Gasteiger partial charge in [0.05, 0.1) is 12.7 Å². The summed E-state index contributed by atoms with van der Waals surface area (Å²) in [6, 6.07) is -0.283.